The number of hydrogen-bond acceptors (Lipinski definition) is 5. The molecule has 0 atom stereocenters. The zero-order valence-electron chi connectivity index (χ0n) is 19.7. The van der Waals surface area contributed by atoms with E-state index in [4.69, 9.17) is 0 Å². The predicted molar refractivity (Wildman–Crippen MR) is 131 cm³/mol. The molecule has 1 saturated heterocycles. The Morgan fingerprint density at radius 1 is 0.909 bits per heavy atom. The molecule has 0 N–H and O–H groups in total. The van der Waals surface area contributed by atoms with Crippen LogP contribution in [0.5, 0.6) is 0 Å². The summed E-state index contributed by atoms with van der Waals surface area (Å²) in [6.45, 7) is 8.34. The van der Waals surface area contributed by atoms with Crippen LogP contribution >= 0.6 is 11.8 Å². The molecule has 0 spiro atoms. The number of rotatable bonds is 8. The SMILES string of the molecule is CN(C)CCCN1CCN(CCCN2C3=CCCC=C3Sc3ccc(C(F)(F)F)cc32)CC1. The molecule has 182 valence electrons. The van der Waals surface area contributed by atoms with Crippen LogP contribution in [0.2, 0.25) is 0 Å². The van der Waals surface area contributed by atoms with Crippen molar-refractivity contribution in [2.75, 3.05) is 71.4 Å². The minimum absolute atomic E-state index is 0.568. The first-order chi connectivity index (χ1) is 15.8. The molecule has 8 heteroatoms. The van der Waals surface area contributed by atoms with E-state index < -0.39 is 11.7 Å². The summed E-state index contributed by atoms with van der Waals surface area (Å²) >= 11 is 1.60. The number of benzene rings is 1. The second-order valence-electron chi connectivity index (χ2n) is 9.36. The Morgan fingerprint density at radius 3 is 2.24 bits per heavy atom. The van der Waals surface area contributed by atoms with Gasteiger partial charge in [-0.25, -0.2) is 0 Å². The number of piperazine rings is 1. The first-order valence-electron chi connectivity index (χ1n) is 12.0. The number of thioether (sulfide) groups is 1. The van der Waals surface area contributed by atoms with Crippen LogP contribution in [0.15, 0.2) is 45.8 Å². The molecule has 0 radical (unpaired) electrons. The van der Waals surface area contributed by atoms with E-state index in [0.29, 0.717) is 5.69 Å². The second kappa shape index (κ2) is 10.8. The average Bonchev–Trinajstić information content (AvgIpc) is 2.78. The molecule has 0 bridgehead atoms. The van der Waals surface area contributed by atoms with Crippen molar-refractivity contribution in [2.45, 2.75) is 36.8 Å². The third-order valence-electron chi connectivity index (χ3n) is 6.57. The third kappa shape index (κ3) is 6.35. The highest BCUT2D eigenvalue weighted by Crippen LogP contribution is 2.49. The molecule has 1 aromatic rings. The third-order valence-corrected chi connectivity index (χ3v) is 7.74. The molecule has 0 unspecified atom stereocenters. The van der Waals surface area contributed by atoms with Crippen molar-refractivity contribution in [3.05, 3.63) is 46.5 Å². The fraction of sp³-hybridized carbons (Fsp3) is 0.600. The largest absolute Gasteiger partial charge is 0.416 e. The first kappa shape index (κ1) is 24.6. The Labute approximate surface area is 200 Å². The van der Waals surface area contributed by atoms with E-state index in [2.05, 4.69) is 45.8 Å². The lowest BCUT2D eigenvalue weighted by molar-refractivity contribution is -0.137. The van der Waals surface area contributed by atoms with Crippen LogP contribution in [-0.4, -0.2) is 81.2 Å². The summed E-state index contributed by atoms with van der Waals surface area (Å²) in [7, 11) is 4.23. The van der Waals surface area contributed by atoms with Crippen LogP contribution in [-0.2, 0) is 6.18 Å². The van der Waals surface area contributed by atoms with Gasteiger partial charge in [0.1, 0.15) is 0 Å². The number of fused-ring (bicyclic) bond motifs is 2. The highest BCUT2D eigenvalue weighted by atomic mass is 32.2. The fourth-order valence-electron chi connectivity index (χ4n) is 4.76. The van der Waals surface area contributed by atoms with Gasteiger partial charge in [-0.1, -0.05) is 23.9 Å². The van der Waals surface area contributed by atoms with Crippen molar-refractivity contribution in [2.24, 2.45) is 0 Å². The summed E-state index contributed by atoms with van der Waals surface area (Å²) in [5, 5.41) is 0. The van der Waals surface area contributed by atoms with E-state index >= 15 is 0 Å². The van der Waals surface area contributed by atoms with Gasteiger partial charge in [0.15, 0.2) is 0 Å². The predicted octanol–water partition coefficient (Wildman–Crippen LogP) is 5.14. The smallest absolute Gasteiger partial charge is 0.340 e. The van der Waals surface area contributed by atoms with Gasteiger partial charge in [0.25, 0.3) is 0 Å². The molecule has 0 saturated carbocycles. The highest BCUT2D eigenvalue weighted by Gasteiger charge is 2.34. The van der Waals surface area contributed by atoms with Gasteiger partial charge in [-0.3, -0.25) is 0 Å². The average molecular weight is 481 g/mol. The highest BCUT2D eigenvalue weighted by molar-refractivity contribution is 8.03. The van der Waals surface area contributed by atoms with Gasteiger partial charge < -0.3 is 19.6 Å². The lowest BCUT2D eigenvalue weighted by Gasteiger charge is -2.38. The zero-order chi connectivity index (χ0) is 23.4. The van der Waals surface area contributed by atoms with Crippen molar-refractivity contribution in [3.8, 4) is 0 Å². The van der Waals surface area contributed by atoms with Crippen molar-refractivity contribution in [1.82, 2.24) is 14.7 Å². The van der Waals surface area contributed by atoms with Gasteiger partial charge in [0, 0.05) is 42.5 Å². The standard InChI is InChI=1S/C25H35F3N4S/c1-29(2)11-5-12-30-15-17-31(18-16-30)13-6-14-32-21-7-3-4-8-23(21)33-24-10-9-20(19-22(24)32)25(26,27)28/h7-10,19H,3-6,11-18H2,1-2H3. The molecular weight excluding hydrogens is 445 g/mol. The van der Waals surface area contributed by atoms with Crippen molar-refractivity contribution in [3.63, 3.8) is 0 Å². The number of hydrogen-bond donors (Lipinski definition) is 0. The van der Waals surface area contributed by atoms with E-state index in [-0.39, 0.29) is 0 Å². The van der Waals surface area contributed by atoms with Gasteiger partial charge in [-0.2, -0.15) is 13.2 Å². The van der Waals surface area contributed by atoms with Crippen molar-refractivity contribution >= 4 is 17.4 Å². The summed E-state index contributed by atoms with van der Waals surface area (Å²) in [5.41, 5.74) is 1.22. The maximum absolute atomic E-state index is 13.4. The van der Waals surface area contributed by atoms with Crippen LogP contribution in [0.4, 0.5) is 18.9 Å². The maximum atomic E-state index is 13.4. The van der Waals surface area contributed by atoms with Crippen LogP contribution in [0.1, 0.15) is 31.2 Å². The van der Waals surface area contributed by atoms with Crippen molar-refractivity contribution < 1.29 is 13.2 Å². The number of halogens is 3. The van der Waals surface area contributed by atoms with E-state index in [0.717, 1.165) is 82.2 Å². The monoisotopic (exact) mass is 480 g/mol. The molecule has 3 aliphatic rings. The fourth-order valence-corrected chi connectivity index (χ4v) is 5.90. The molecule has 1 fully saturated rings. The lowest BCUT2D eigenvalue weighted by Crippen LogP contribution is -2.47. The molecule has 0 amide bonds. The number of nitrogens with zero attached hydrogens (tertiary/aromatic N) is 4. The number of anilines is 1. The Morgan fingerprint density at radius 2 is 1.58 bits per heavy atom. The lowest BCUT2D eigenvalue weighted by atomic mass is 10.1. The number of alkyl halides is 3. The summed E-state index contributed by atoms with van der Waals surface area (Å²) < 4.78 is 40.2. The second-order valence-corrected chi connectivity index (χ2v) is 10.4. The maximum Gasteiger partial charge on any atom is 0.416 e. The van der Waals surface area contributed by atoms with Gasteiger partial charge >= 0.3 is 6.18 Å². The summed E-state index contributed by atoms with van der Waals surface area (Å²) in [4.78, 5) is 11.5. The van der Waals surface area contributed by atoms with Gasteiger partial charge in [0.05, 0.1) is 16.9 Å². The summed E-state index contributed by atoms with van der Waals surface area (Å²) in [6.07, 6.45) is 4.17. The molecule has 4 rings (SSSR count). The first-order valence-corrected chi connectivity index (χ1v) is 12.8. The Balaban J connectivity index is 1.36. The van der Waals surface area contributed by atoms with E-state index in [1.165, 1.54) is 23.5 Å². The number of allylic oxidation sites excluding steroid dienone is 2. The summed E-state index contributed by atoms with van der Waals surface area (Å²) in [6, 6.07) is 4.18. The normalized spacial score (nSPS) is 19.9. The Kier molecular flexibility index (Phi) is 8.10. The van der Waals surface area contributed by atoms with Crippen LogP contribution in [0.25, 0.3) is 0 Å². The Hall–Kier alpha value is -1.48. The summed E-state index contributed by atoms with van der Waals surface area (Å²) in [5.74, 6) is 0. The molecule has 0 aromatic heterocycles. The van der Waals surface area contributed by atoms with E-state index in [1.807, 2.05) is 0 Å². The van der Waals surface area contributed by atoms with Crippen LogP contribution < -0.4 is 4.90 Å². The molecule has 1 aliphatic carbocycles. The molecule has 2 heterocycles. The minimum Gasteiger partial charge on any atom is -0.340 e. The van der Waals surface area contributed by atoms with E-state index in [9.17, 15) is 13.2 Å². The molecule has 4 nitrogen and oxygen atoms in total. The quantitative estimate of drug-likeness (QED) is 0.510. The van der Waals surface area contributed by atoms with Crippen LogP contribution in [0.3, 0.4) is 0 Å². The molecule has 2 aliphatic heterocycles. The molecular formula is C25H35F3N4S. The minimum atomic E-state index is -4.32. The van der Waals surface area contributed by atoms with Gasteiger partial charge in [0.2, 0.25) is 0 Å². The molecule has 1 aromatic carbocycles. The zero-order valence-corrected chi connectivity index (χ0v) is 20.5. The van der Waals surface area contributed by atoms with Crippen molar-refractivity contribution in [1.29, 1.82) is 0 Å². The molecule has 33 heavy (non-hydrogen) atoms. The topological polar surface area (TPSA) is 13.0 Å². The Bertz CT molecular complexity index is 873. The van der Waals surface area contributed by atoms with E-state index in [1.54, 1.807) is 17.8 Å². The van der Waals surface area contributed by atoms with Crippen LogP contribution in [0, 0.1) is 0 Å². The van der Waals surface area contributed by atoms with Gasteiger partial charge in [-0.15, -0.1) is 0 Å². The van der Waals surface area contributed by atoms with Gasteiger partial charge in [-0.05, 0) is 77.6 Å².